The zero-order valence-corrected chi connectivity index (χ0v) is 15.9. The third-order valence-corrected chi connectivity index (χ3v) is 4.62. The summed E-state index contributed by atoms with van der Waals surface area (Å²) in [5, 5.41) is 10.5. The number of nitrogens with zero attached hydrogens (tertiary/aromatic N) is 1. The number of aliphatic hydroxyl groups is 1. The highest BCUT2D eigenvalue weighted by atomic mass is 16.6. The molecule has 0 spiro atoms. The number of carbonyl (C=O) groups excluding carboxylic acids is 2. The molecule has 1 amide bonds. The number of amides is 1. The number of ketones is 1. The van der Waals surface area contributed by atoms with Gasteiger partial charge in [-0.2, -0.15) is 0 Å². The van der Waals surface area contributed by atoms with Crippen LogP contribution in [0.2, 0.25) is 0 Å². The highest BCUT2D eigenvalue weighted by molar-refractivity contribution is 6.09. The van der Waals surface area contributed by atoms with Crippen molar-refractivity contribution in [1.82, 2.24) is 4.90 Å². The van der Waals surface area contributed by atoms with E-state index in [4.69, 9.17) is 14.2 Å². The Labute approximate surface area is 158 Å². The quantitative estimate of drug-likeness (QED) is 0.788. The molecular weight excluding hydrogens is 350 g/mol. The van der Waals surface area contributed by atoms with Crippen LogP contribution in [0.15, 0.2) is 29.5 Å². The maximum absolute atomic E-state index is 12.8. The molecule has 2 aliphatic rings. The first-order valence-corrected chi connectivity index (χ1v) is 9.09. The molecule has 146 valence electrons. The van der Waals surface area contributed by atoms with E-state index in [-0.39, 0.29) is 30.2 Å². The number of ether oxygens (including phenoxy) is 3. The van der Waals surface area contributed by atoms with Gasteiger partial charge in [-0.25, -0.2) is 0 Å². The molecule has 0 radical (unpaired) electrons. The Morgan fingerprint density at radius 2 is 2.00 bits per heavy atom. The topological polar surface area (TPSA) is 85.3 Å². The first-order valence-electron chi connectivity index (χ1n) is 9.09. The first-order chi connectivity index (χ1) is 12.9. The number of carbonyl (C=O) groups is 2. The molecule has 0 saturated carbocycles. The molecule has 2 heterocycles. The van der Waals surface area contributed by atoms with Gasteiger partial charge in [0.2, 0.25) is 0 Å². The Hall–Kier alpha value is -2.54. The largest absolute Gasteiger partial charge is 0.503 e. The summed E-state index contributed by atoms with van der Waals surface area (Å²) in [7, 11) is 1.54. The van der Waals surface area contributed by atoms with E-state index >= 15 is 0 Å². The van der Waals surface area contributed by atoms with E-state index in [0.717, 1.165) is 0 Å². The SMILES string of the molecule is COCCN1C(=O)C(O)=C(C(=O)CC(C)C)C1c1ccc2c(c1)OCCO2. The summed E-state index contributed by atoms with van der Waals surface area (Å²) >= 11 is 0. The molecule has 0 fully saturated rings. The minimum Gasteiger partial charge on any atom is -0.503 e. The van der Waals surface area contributed by atoms with Gasteiger partial charge in [0.1, 0.15) is 13.2 Å². The van der Waals surface area contributed by atoms with Crippen LogP contribution in [-0.4, -0.2) is 55.2 Å². The lowest BCUT2D eigenvalue weighted by atomic mass is 9.92. The molecule has 3 rings (SSSR count). The van der Waals surface area contributed by atoms with Crippen LogP contribution in [-0.2, 0) is 14.3 Å². The van der Waals surface area contributed by atoms with Crippen LogP contribution in [0.25, 0.3) is 0 Å². The van der Waals surface area contributed by atoms with Gasteiger partial charge >= 0.3 is 0 Å². The summed E-state index contributed by atoms with van der Waals surface area (Å²) in [6, 6.07) is 4.66. The molecule has 1 aromatic rings. The van der Waals surface area contributed by atoms with Gasteiger partial charge in [0, 0.05) is 20.1 Å². The Balaban J connectivity index is 2.02. The smallest absolute Gasteiger partial charge is 0.290 e. The number of rotatable bonds is 7. The van der Waals surface area contributed by atoms with Gasteiger partial charge < -0.3 is 24.2 Å². The maximum atomic E-state index is 12.8. The number of Topliss-reactive ketones (excluding diaryl/α,β-unsaturated/α-hetero) is 1. The molecule has 1 atom stereocenters. The number of aliphatic hydroxyl groups excluding tert-OH is 1. The lowest BCUT2D eigenvalue weighted by Crippen LogP contribution is -2.34. The Bertz CT molecular complexity index is 770. The van der Waals surface area contributed by atoms with Crippen LogP contribution >= 0.6 is 0 Å². The van der Waals surface area contributed by atoms with Gasteiger partial charge in [-0.15, -0.1) is 0 Å². The second kappa shape index (κ2) is 8.00. The number of methoxy groups -OCH3 is 1. The Morgan fingerprint density at radius 1 is 1.30 bits per heavy atom. The molecule has 0 saturated heterocycles. The summed E-state index contributed by atoms with van der Waals surface area (Å²) in [4.78, 5) is 26.9. The number of fused-ring (bicyclic) bond motifs is 1. The van der Waals surface area contributed by atoms with Crippen molar-refractivity contribution in [3.8, 4) is 11.5 Å². The highest BCUT2D eigenvalue weighted by Crippen LogP contribution is 2.41. The van der Waals surface area contributed by atoms with E-state index in [0.29, 0.717) is 36.9 Å². The minimum atomic E-state index is -0.672. The van der Waals surface area contributed by atoms with Crippen LogP contribution in [0.4, 0.5) is 0 Å². The van der Waals surface area contributed by atoms with Crippen LogP contribution < -0.4 is 9.47 Å². The van der Waals surface area contributed by atoms with E-state index in [9.17, 15) is 14.7 Å². The Kier molecular flexibility index (Phi) is 5.70. The lowest BCUT2D eigenvalue weighted by molar-refractivity contribution is -0.130. The van der Waals surface area contributed by atoms with Crippen LogP contribution in [0, 0.1) is 5.92 Å². The summed E-state index contributed by atoms with van der Waals surface area (Å²) in [6.07, 6.45) is 0.256. The molecule has 1 aromatic carbocycles. The summed E-state index contributed by atoms with van der Waals surface area (Å²) < 4.78 is 16.3. The van der Waals surface area contributed by atoms with Crippen LogP contribution in [0.5, 0.6) is 11.5 Å². The second-order valence-electron chi connectivity index (χ2n) is 7.08. The molecule has 0 bridgehead atoms. The van der Waals surface area contributed by atoms with Gasteiger partial charge in [0.15, 0.2) is 23.0 Å². The average molecular weight is 375 g/mol. The molecule has 0 aromatic heterocycles. The van der Waals surface area contributed by atoms with E-state index < -0.39 is 17.7 Å². The first kappa shape index (κ1) is 19.2. The maximum Gasteiger partial charge on any atom is 0.290 e. The minimum absolute atomic E-state index is 0.113. The van der Waals surface area contributed by atoms with Crippen molar-refractivity contribution in [2.75, 3.05) is 33.5 Å². The molecule has 7 heteroatoms. The molecule has 7 nitrogen and oxygen atoms in total. The van der Waals surface area contributed by atoms with Crippen molar-refractivity contribution >= 4 is 11.7 Å². The predicted octanol–water partition coefficient (Wildman–Crippen LogP) is 2.41. The third-order valence-electron chi connectivity index (χ3n) is 4.62. The fourth-order valence-electron chi connectivity index (χ4n) is 3.42. The highest BCUT2D eigenvalue weighted by Gasteiger charge is 2.43. The van der Waals surface area contributed by atoms with Gasteiger partial charge in [-0.05, 0) is 23.6 Å². The van der Waals surface area contributed by atoms with Gasteiger partial charge in [0.05, 0.1) is 18.2 Å². The van der Waals surface area contributed by atoms with E-state index in [1.165, 1.54) is 12.0 Å². The van der Waals surface area contributed by atoms with Crippen molar-refractivity contribution in [1.29, 1.82) is 0 Å². The van der Waals surface area contributed by atoms with E-state index in [1.54, 1.807) is 18.2 Å². The fraction of sp³-hybridized carbons (Fsp3) is 0.500. The monoisotopic (exact) mass is 375 g/mol. The van der Waals surface area contributed by atoms with Crippen molar-refractivity contribution in [3.63, 3.8) is 0 Å². The Morgan fingerprint density at radius 3 is 2.67 bits per heavy atom. The second-order valence-corrected chi connectivity index (χ2v) is 7.08. The molecule has 1 unspecified atom stereocenters. The van der Waals surface area contributed by atoms with Crippen molar-refractivity contribution < 1.29 is 28.9 Å². The number of hydrogen-bond donors (Lipinski definition) is 1. The average Bonchev–Trinajstić information content (AvgIpc) is 2.90. The molecular formula is C20H25NO6. The van der Waals surface area contributed by atoms with Crippen molar-refractivity contribution in [2.24, 2.45) is 5.92 Å². The predicted molar refractivity (Wildman–Crippen MR) is 97.9 cm³/mol. The summed E-state index contributed by atoms with van der Waals surface area (Å²) in [5.74, 6) is 0.0501. The molecule has 1 N–H and O–H groups in total. The van der Waals surface area contributed by atoms with E-state index in [2.05, 4.69) is 0 Å². The zero-order chi connectivity index (χ0) is 19.6. The normalized spacial score (nSPS) is 19.2. The lowest BCUT2D eigenvalue weighted by Gasteiger charge is -2.28. The van der Waals surface area contributed by atoms with Gasteiger partial charge in [-0.3, -0.25) is 9.59 Å². The number of benzene rings is 1. The van der Waals surface area contributed by atoms with Gasteiger partial charge in [-0.1, -0.05) is 19.9 Å². The number of hydrogen-bond acceptors (Lipinski definition) is 6. The molecule has 0 aliphatic carbocycles. The third kappa shape index (κ3) is 3.78. The van der Waals surface area contributed by atoms with Crippen molar-refractivity contribution in [3.05, 3.63) is 35.1 Å². The van der Waals surface area contributed by atoms with Crippen LogP contribution in [0.3, 0.4) is 0 Å². The van der Waals surface area contributed by atoms with Gasteiger partial charge in [0.25, 0.3) is 5.91 Å². The molecule has 2 aliphatic heterocycles. The zero-order valence-electron chi connectivity index (χ0n) is 15.9. The fourth-order valence-corrected chi connectivity index (χ4v) is 3.42. The standard InChI is InChI=1S/C20H25NO6/c1-12(2)10-14(22)17-18(21(6-7-25-3)20(24)19(17)23)13-4-5-15-16(11-13)27-9-8-26-15/h4-5,11-12,18,23H,6-10H2,1-3H3. The summed E-state index contributed by atoms with van der Waals surface area (Å²) in [5.41, 5.74) is 0.835. The van der Waals surface area contributed by atoms with E-state index in [1.807, 2.05) is 13.8 Å². The van der Waals surface area contributed by atoms with Crippen LogP contribution in [0.1, 0.15) is 31.9 Å². The summed E-state index contributed by atoms with van der Waals surface area (Å²) in [6.45, 7) is 5.32. The van der Waals surface area contributed by atoms with Crippen molar-refractivity contribution in [2.45, 2.75) is 26.3 Å². The molecule has 27 heavy (non-hydrogen) atoms.